The summed E-state index contributed by atoms with van der Waals surface area (Å²) in [6.07, 6.45) is 1.29. The number of benzene rings is 2. The first-order chi connectivity index (χ1) is 11.5. The predicted molar refractivity (Wildman–Crippen MR) is 96.7 cm³/mol. The average Bonchev–Trinajstić information content (AvgIpc) is 3.01. The molecule has 0 spiro atoms. The molecule has 0 radical (unpaired) electrons. The van der Waals surface area contributed by atoms with Crippen LogP contribution in [0.15, 0.2) is 36.4 Å². The van der Waals surface area contributed by atoms with Gasteiger partial charge in [-0.25, -0.2) is 0 Å². The molecule has 0 aromatic heterocycles. The molecular formula is C20H22N2O2. The fourth-order valence-electron chi connectivity index (χ4n) is 3.07. The van der Waals surface area contributed by atoms with Crippen LogP contribution in [0.3, 0.4) is 0 Å². The van der Waals surface area contributed by atoms with Gasteiger partial charge in [-0.2, -0.15) is 0 Å². The monoisotopic (exact) mass is 322 g/mol. The maximum absolute atomic E-state index is 12.6. The second-order valence-corrected chi connectivity index (χ2v) is 6.19. The summed E-state index contributed by atoms with van der Waals surface area (Å²) in [5.74, 6) is 0.00750. The maximum atomic E-state index is 12.6. The van der Waals surface area contributed by atoms with Crippen molar-refractivity contribution in [2.24, 2.45) is 0 Å². The standard InChI is InChI=1S/C20H22N2O2/c1-4-19(23)22-11-10-15-12-16(8-9-18(15)22)20(24)21-17-7-5-6-13(2)14(17)3/h5-9,12H,4,10-11H2,1-3H3,(H,21,24). The Kier molecular flexibility index (Phi) is 4.38. The SMILES string of the molecule is CCC(=O)N1CCc2cc(C(=O)Nc3cccc(C)c3C)ccc21. The van der Waals surface area contributed by atoms with E-state index in [4.69, 9.17) is 0 Å². The van der Waals surface area contributed by atoms with Crippen LogP contribution in [-0.2, 0) is 11.2 Å². The zero-order chi connectivity index (χ0) is 17.3. The van der Waals surface area contributed by atoms with Crippen LogP contribution in [0.1, 0.15) is 40.4 Å². The smallest absolute Gasteiger partial charge is 0.255 e. The van der Waals surface area contributed by atoms with Gasteiger partial charge in [0, 0.05) is 29.9 Å². The van der Waals surface area contributed by atoms with Gasteiger partial charge in [0.05, 0.1) is 0 Å². The van der Waals surface area contributed by atoms with E-state index in [1.807, 2.05) is 56.0 Å². The summed E-state index contributed by atoms with van der Waals surface area (Å²) in [4.78, 5) is 26.3. The Labute approximate surface area is 142 Å². The van der Waals surface area contributed by atoms with Gasteiger partial charge in [-0.1, -0.05) is 19.1 Å². The summed E-state index contributed by atoms with van der Waals surface area (Å²) in [5.41, 5.74) is 5.68. The molecule has 0 saturated heterocycles. The number of hydrogen-bond donors (Lipinski definition) is 1. The van der Waals surface area contributed by atoms with E-state index in [0.29, 0.717) is 18.5 Å². The van der Waals surface area contributed by atoms with Crippen LogP contribution in [-0.4, -0.2) is 18.4 Å². The molecule has 0 unspecified atom stereocenters. The van der Waals surface area contributed by atoms with Crippen LogP contribution in [0.5, 0.6) is 0 Å². The number of amides is 2. The molecule has 124 valence electrons. The third kappa shape index (κ3) is 2.92. The summed E-state index contributed by atoms with van der Waals surface area (Å²) in [6.45, 7) is 6.60. The molecule has 1 heterocycles. The fraction of sp³-hybridized carbons (Fsp3) is 0.300. The zero-order valence-electron chi connectivity index (χ0n) is 14.3. The normalized spacial score (nSPS) is 12.9. The molecule has 24 heavy (non-hydrogen) atoms. The molecule has 0 atom stereocenters. The van der Waals surface area contributed by atoms with E-state index < -0.39 is 0 Å². The average molecular weight is 322 g/mol. The van der Waals surface area contributed by atoms with Gasteiger partial charge in [0.15, 0.2) is 0 Å². The van der Waals surface area contributed by atoms with Crippen molar-refractivity contribution in [2.75, 3.05) is 16.8 Å². The number of rotatable bonds is 3. The summed E-state index contributed by atoms with van der Waals surface area (Å²) >= 11 is 0. The highest BCUT2D eigenvalue weighted by Crippen LogP contribution is 2.30. The lowest BCUT2D eigenvalue weighted by molar-refractivity contribution is -0.118. The van der Waals surface area contributed by atoms with Gasteiger partial charge in [0.2, 0.25) is 5.91 Å². The molecule has 3 rings (SSSR count). The van der Waals surface area contributed by atoms with Crippen molar-refractivity contribution in [3.63, 3.8) is 0 Å². The van der Waals surface area contributed by atoms with Crippen molar-refractivity contribution >= 4 is 23.2 Å². The first-order valence-electron chi connectivity index (χ1n) is 8.32. The molecule has 1 N–H and O–H groups in total. The molecular weight excluding hydrogens is 300 g/mol. The summed E-state index contributed by atoms with van der Waals surface area (Å²) in [7, 11) is 0. The molecule has 1 aliphatic heterocycles. The van der Waals surface area contributed by atoms with Crippen molar-refractivity contribution < 1.29 is 9.59 Å². The fourth-order valence-corrected chi connectivity index (χ4v) is 3.07. The molecule has 1 aliphatic rings. The molecule has 0 bridgehead atoms. The number of hydrogen-bond acceptors (Lipinski definition) is 2. The minimum Gasteiger partial charge on any atom is -0.322 e. The molecule has 2 amide bonds. The number of fused-ring (bicyclic) bond motifs is 1. The van der Waals surface area contributed by atoms with E-state index >= 15 is 0 Å². The van der Waals surface area contributed by atoms with Crippen LogP contribution in [0.25, 0.3) is 0 Å². The first-order valence-corrected chi connectivity index (χ1v) is 8.32. The molecule has 0 saturated carbocycles. The van der Waals surface area contributed by atoms with E-state index in [9.17, 15) is 9.59 Å². The third-order valence-corrected chi connectivity index (χ3v) is 4.69. The topological polar surface area (TPSA) is 49.4 Å². The molecule has 0 fully saturated rings. The second-order valence-electron chi connectivity index (χ2n) is 6.19. The van der Waals surface area contributed by atoms with Crippen LogP contribution >= 0.6 is 0 Å². The van der Waals surface area contributed by atoms with Gasteiger partial charge in [-0.05, 0) is 61.2 Å². The molecule has 0 aliphatic carbocycles. The Morgan fingerprint density at radius 2 is 1.96 bits per heavy atom. The quantitative estimate of drug-likeness (QED) is 0.933. The van der Waals surface area contributed by atoms with Crippen molar-refractivity contribution in [2.45, 2.75) is 33.6 Å². The van der Waals surface area contributed by atoms with Gasteiger partial charge in [0.1, 0.15) is 0 Å². The molecule has 4 heteroatoms. The van der Waals surface area contributed by atoms with Crippen LogP contribution in [0, 0.1) is 13.8 Å². The lowest BCUT2D eigenvalue weighted by atomic mass is 10.1. The van der Waals surface area contributed by atoms with E-state index in [1.165, 1.54) is 0 Å². The van der Waals surface area contributed by atoms with E-state index in [1.54, 1.807) is 6.07 Å². The third-order valence-electron chi connectivity index (χ3n) is 4.69. The van der Waals surface area contributed by atoms with Gasteiger partial charge in [-0.15, -0.1) is 0 Å². The number of carbonyl (C=O) groups excluding carboxylic acids is 2. The first kappa shape index (κ1) is 16.2. The lowest BCUT2D eigenvalue weighted by Crippen LogP contribution is -2.27. The Bertz CT molecular complexity index is 811. The second kappa shape index (κ2) is 6.48. The van der Waals surface area contributed by atoms with E-state index in [-0.39, 0.29) is 11.8 Å². The Hall–Kier alpha value is -2.62. The zero-order valence-corrected chi connectivity index (χ0v) is 14.3. The van der Waals surface area contributed by atoms with Crippen molar-refractivity contribution in [3.8, 4) is 0 Å². The summed E-state index contributed by atoms with van der Waals surface area (Å²) in [5, 5.41) is 2.98. The Balaban J connectivity index is 1.82. The highest BCUT2D eigenvalue weighted by atomic mass is 16.2. The highest BCUT2D eigenvalue weighted by Gasteiger charge is 2.24. The number of nitrogens with one attached hydrogen (secondary N) is 1. The number of nitrogens with zero attached hydrogens (tertiary/aromatic N) is 1. The van der Waals surface area contributed by atoms with Gasteiger partial charge in [-0.3, -0.25) is 9.59 Å². The Morgan fingerprint density at radius 1 is 1.17 bits per heavy atom. The molecule has 2 aromatic rings. The largest absolute Gasteiger partial charge is 0.322 e. The van der Waals surface area contributed by atoms with Crippen molar-refractivity contribution in [1.29, 1.82) is 0 Å². The summed E-state index contributed by atoms with van der Waals surface area (Å²) in [6, 6.07) is 11.5. The van der Waals surface area contributed by atoms with Crippen LogP contribution < -0.4 is 10.2 Å². The number of anilines is 2. The van der Waals surface area contributed by atoms with Crippen molar-refractivity contribution in [3.05, 3.63) is 58.7 Å². The maximum Gasteiger partial charge on any atom is 0.255 e. The predicted octanol–water partition coefficient (Wildman–Crippen LogP) is 3.85. The minimum atomic E-state index is -0.119. The summed E-state index contributed by atoms with van der Waals surface area (Å²) < 4.78 is 0. The minimum absolute atomic E-state index is 0.119. The molecule has 4 nitrogen and oxygen atoms in total. The number of carbonyl (C=O) groups is 2. The lowest BCUT2D eigenvalue weighted by Gasteiger charge is -2.16. The van der Waals surface area contributed by atoms with Gasteiger partial charge in [0.25, 0.3) is 5.91 Å². The van der Waals surface area contributed by atoms with Crippen molar-refractivity contribution in [1.82, 2.24) is 0 Å². The Morgan fingerprint density at radius 3 is 2.71 bits per heavy atom. The van der Waals surface area contributed by atoms with Crippen LogP contribution in [0.4, 0.5) is 11.4 Å². The highest BCUT2D eigenvalue weighted by molar-refractivity contribution is 6.05. The van der Waals surface area contributed by atoms with Gasteiger partial charge >= 0.3 is 0 Å². The van der Waals surface area contributed by atoms with E-state index in [2.05, 4.69) is 5.32 Å². The van der Waals surface area contributed by atoms with Gasteiger partial charge < -0.3 is 10.2 Å². The van der Waals surface area contributed by atoms with Crippen LogP contribution in [0.2, 0.25) is 0 Å². The molecule has 2 aromatic carbocycles. The van der Waals surface area contributed by atoms with E-state index in [0.717, 1.165) is 34.5 Å². The number of aryl methyl sites for hydroxylation is 1.